The third kappa shape index (κ3) is 5.09. The highest BCUT2D eigenvalue weighted by molar-refractivity contribution is 5.92. The fourth-order valence-corrected chi connectivity index (χ4v) is 3.24. The van der Waals surface area contributed by atoms with E-state index in [1.807, 2.05) is 18.2 Å². The van der Waals surface area contributed by atoms with E-state index in [1.54, 1.807) is 20.4 Å². The van der Waals surface area contributed by atoms with Crippen LogP contribution in [0, 0.1) is 0 Å². The third-order valence-electron chi connectivity index (χ3n) is 4.74. The van der Waals surface area contributed by atoms with Gasteiger partial charge < -0.3 is 20.1 Å². The molecular formula is C20H26N4O3. The van der Waals surface area contributed by atoms with E-state index < -0.39 is 0 Å². The van der Waals surface area contributed by atoms with Crippen LogP contribution in [0.25, 0.3) is 0 Å². The standard InChI is InChI=1S/C20H26N4O3/c1-26-15-9-10-18(27-2)16(11-15)24-19-13-21-17(12-22-19)20(25)23-14-7-5-3-4-6-8-14/h9-14H,3-8H2,1-2H3,(H,22,24)(H,23,25). The van der Waals surface area contributed by atoms with E-state index in [-0.39, 0.29) is 11.9 Å². The summed E-state index contributed by atoms with van der Waals surface area (Å²) in [7, 11) is 3.20. The Hall–Kier alpha value is -2.83. The quantitative estimate of drug-likeness (QED) is 0.755. The molecule has 2 aromatic rings. The number of hydrogen-bond acceptors (Lipinski definition) is 6. The first-order chi connectivity index (χ1) is 13.2. The van der Waals surface area contributed by atoms with Crippen LogP contribution in [-0.2, 0) is 0 Å². The molecule has 0 saturated heterocycles. The van der Waals surface area contributed by atoms with Crippen molar-refractivity contribution < 1.29 is 14.3 Å². The summed E-state index contributed by atoms with van der Waals surface area (Å²) < 4.78 is 10.6. The van der Waals surface area contributed by atoms with E-state index in [0.29, 0.717) is 28.7 Å². The molecule has 27 heavy (non-hydrogen) atoms. The predicted octanol–water partition coefficient (Wildman–Crippen LogP) is 3.69. The second-order valence-corrected chi connectivity index (χ2v) is 6.64. The number of methoxy groups -OCH3 is 2. The molecule has 1 aromatic carbocycles. The van der Waals surface area contributed by atoms with Gasteiger partial charge in [-0.2, -0.15) is 0 Å². The summed E-state index contributed by atoms with van der Waals surface area (Å²) in [4.78, 5) is 21.0. The highest BCUT2D eigenvalue weighted by Crippen LogP contribution is 2.30. The summed E-state index contributed by atoms with van der Waals surface area (Å²) in [6, 6.07) is 5.67. The molecule has 144 valence electrons. The molecule has 1 aromatic heterocycles. The minimum Gasteiger partial charge on any atom is -0.497 e. The summed E-state index contributed by atoms with van der Waals surface area (Å²) in [6.45, 7) is 0. The monoisotopic (exact) mass is 370 g/mol. The average molecular weight is 370 g/mol. The molecule has 0 spiro atoms. The van der Waals surface area contributed by atoms with Crippen LogP contribution in [0.15, 0.2) is 30.6 Å². The maximum absolute atomic E-state index is 12.4. The first-order valence-electron chi connectivity index (χ1n) is 9.31. The number of amides is 1. The number of carbonyl (C=O) groups excluding carboxylic acids is 1. The molecule has 0 radical (unpaired) electrons. The van der Waals surface area contributed by atoms with Crippen LogP contribution in [-0.4, -0.2) is 36.1 Å². The second kappa shape index (κ2) is 9.21. The van der Waals surface area contributed by atoms with Crippen molar-refractivity contribution in [1.82, 2.24) is 15.3 Å². The van der Waals surface area contributed by atoms with Gasteiger partial charge in [0.25, 0.3) is 5.91 Å². The molecule has 3 rings (SSSR count). The lowest BCUT2D eigenvalue weighted by Crippen LogP contribution is -2.34. The number of rotatable bonds is 6. The lowest BCUT2D eigenvalue weighted by Gasteiger charge is -2.16. The summed E-state index contributed by atoms with van der Waals surface area (Å²) >= 11 is 0. The van der Waals surface area contributed by atoms with Gasteiger partial charge >= 0.3 is 0 Å². The van der Waals surface area contributed by atoms with E-state index in [1.165, 1.54) is 31.9 Å². The predicted molar refractivity (Wildman–Crippen MR) is 104 cm³/mol. The molecule has 1 fully saturated rings. The lowest BCUT2D eigenvalue weighted by atomic mass is 10.1. The Kier molecular flexibility index (Phi) is 6.46. The average Bonchev–Trinajstić information content (AvgIpc) is 2.97. The second-order valence-electron chi connectivity index (χ2n) is 6.64. The summed E-state index contributed by atoms with van der Waals surface area (Å²) in [5.41, 5.74) is 1.03. The lowest BCUT2D eigenvalue weighted by molar-refractivity contribution is 0.0928. The van der Waals surface area contributed by atoms with Crippen molar-refractivity contribution in [2.75, 3.05) is 19.5 Å². The maximum atomic E-state index is 12.4. The fraction of sp³-hybridized carbons (Fsp3) is 0.450. The van der Waals surface area contributed by atoms with Gasteiger partial charge in [-0.05, 0) is 25.0 Å². The van der Waals surface area contributed by atoms with Gasteiger partial charge in [-0.1, -0.05) is 25.7 Å². The Morgan fingerprint density at radius 3 is 2.44 bits per heavy atom. The topological polar surface area (TPSA) is 85.4 Å². The maximum Gasteiger partial charge on any atom is 0.271 e. The Balaban J connectivity index is 1.65. The number of anilines is 2. The van der Waals surface area contributed by atoms with Gasteiger partial charge in [0.1, 0.15) is 23.0 Å². The zero-order valence-electron chi connectivity index (χ0n) is 15.8. The summed E-state index contributed by atoms with van der Waals surface area (Å²) in [6.07, 6.45) is 9.94. The van der Waals surface area contributed by atoms with E-state index in [2.05, 4.69) is 20.6 Å². The largest absolute Gasteiger partial charge is 0.497 e. The van der Waals surface area contributed by atoms with Gasteiger partial charge in [-0.3, -0.25) is 4.79 Å². The van der Waals surface area contributed by atoms with Gasteiger partial charge in [0.15, 0.2) is 0 Å². The molecule has 1 saturated carbocycles. The van der Waals surface area contributed by atoms with Crippen molar-refractivity contribution in [3.63, 3.8) is 0 Å². The molecule has 7 heteroatoms. The molecule has 1 aliphatic rings. The molecule has 2 N–H and O–H groups in total. The molecule has 0 unspecified atom stereocenters. The zero-order valence-corrected chi connectivity index (χ0v) is 15.8. The number of nitrogens with zero attached hydrogens (tertiary/aromatic N) is 2. The number of benzene rings is 1. The highest BCUT2D eigenvalue weighted by Gasteiger charge is 2.17. The summed E-state index contributed by atoms with van der Waals surface area (Å²) in [5.74, 6) is 1.71. The minimum absolute atomic E-state index is 0.167. The Bertz CT molecular complexity index is 756. The smallest absolute Gasteiger partial charge is 0.271 e. The highest BCUT2D eigenvalue weighted by atomic mass is 16.5. The van der Waals surface area contributed by atoms with Crippen LogP contribution in [0.3, 0.4) is 0 Å². The Morgan fingerprint density at radius 2 is 1.81 bits per heavy atom. The number of hydrogen-bond donors (Lipinski definition) is 2. The molecule has 0 atom stereocenters. The van der Waals surface area contributed by atoms with Crippen molar-refractivity contribution in [2.24, 2.45) is 0 Å². The van der Waals surface area contributed by atoms with Gasteiger partial charge in [0.2, 0.25) is 0 Å². The van der Waals surface area contributed by atoms with Crippen LogP contribution in [0.2, 0.25) is 0 Å². The minimum atomic E-state index is -0.167. The zero-order chi connectivity index (χ0) is 19.1. The number of ether oxygens (including phenoxy) is 2. The van der Waals surface area contributed by atoms with Crippen molar-refractivity contribution in [1.29, 1.82) is 0 Å². The Morgan fingerprint density at radius 1 is 1.04 bits per heavy atom. The number of nitrogens with one attached hydrogen (secondary N) is 2. The normalized spacial score (nSPS) is 14.9. The van der Waals surface area contributed by atoms with Crippen LogP contribution in [0.5, 0.6) is 11.5 Å². The Labute approximate surface area is 159 Å². The first kappa shape index (κ1) is 18.9. The van der Waals surface area contributed by atoms with Crippen LogP contribution in [0.4, 0.5) is 11.5 Å². The fourth-order valence-electron chi connectivity index (χ4n) is 3.24. The molecule has 0 bridgehead atoms. The van der Waals surface area contributed by atoms with Gasteiger partial charge in [0, 0.05) is 12.1 Å². The van der Waals surface area contributed by atoms with Crippen LogP contribution >= 0.6 is 0 Å². The van der Waals surface area contributed by atoms with E-state index >= 15 is 0 Å². The molecule has 1 heterocycles. The molecule has 1 aliphatic carbocycles. The number of aromatic nitrogens is 2. The molecular weight excluding hydrogens is 344 g/mol. The first-order valence-corrected chi connectivity index (χ1v) is 9.31. The summed E-state index contributed by atoms with van der Waals surface area (Å²) in [5, 5.41) is 6.22. The van der Waals surface area contributed by atoms with Gasteiger partial charge in [0.05, 0.1) is 32.3 Å². The third-order valence-corrected chi connectivity index (χ3v) is 4.74. The van der Waals surface area contributed by atoms with E-state index in [4.69, 9.17) is 9.47 Å². The molecule has 1 amide bonds. The van der Waals surface area contributed by atoms with Crippen molar-refractivity contribution in [3.05, 3.63) is 36.3 Å². The number of carbonyl (C=O) groups is 1. The van der Waals surface area contributed by atoms with Gasteiger partial charge in [-0.15, -0.1) is 0 Å². The van der Waals surface area contributed by atoms with Crippen molar-refractivity contribution in [2.45, 2.75) is 44.6 Å². The van der Waals surface area contributed by atoms with E-state index in [0.717, 1.165) is 12.8 Å². The van der Waals surface area contributed by atoms with Crippen molar-refractivity contribution >= 4 is 17.4 Å². The van der Waals surface area contributed by atoms with E-state index in [9.17, 15) is 4.79 Å². The molecule has 7 nitrogen and oxygen atoms in total. The molecule has 0 aliphatic heterocycles. The van der Waals surface area contributed by atoms with Crippen molar-refractivity contribution in [3.8, 4) is 11.5 Å². The van der Waals surface area contributed by atoms with Crippen LogP contribution in [0.1, 0.15) is 49.0 Å². The van der Waals surface area contributed by atoms with Gasteiger partial charge in [-0.25, -0.2) is 9.97 Å². The van der Waals surface area contributed by atoms with Crippen LogP contribution < -0.4 is 20.1 Å². The SMILES string of the molecule is COc1ccc(OC)c(Nc2cnc(C(=O)NC3CCCCCC3)cn2)c1.